The second-order valence-corrected chi connectivity index (χ2v) is 9.02. The van der Waals surface area contributed by atoms with Crippen LogP contribution in [0.1, 0.15) is 59.3 Å². The van der Waals surface area contributed by atoms with Crippen molar-refractivity contribution in [2.45, 2.75) is 64.9 Å². The Kier molecular flexibility index (Phi) is 7.96. The Bertz CT molecular complexity index is 625. The zero-order valence-corrected chi connectivity index (χ0v) is 18.4. The first kappa shape index (κ1) is 22.1. The molecule has 3 rings (SSSR count). The maximum absolute atomic E-state index is 12.9. The van der Waals surface area contributed by atoms with Crippen LogP contribution in [0.15, 0.2) is 24.3 Å². The van der Waals surface area contributed by atoms with Crippen LogP contribution in [0.4, 0.5) is 5.69 Å². The van der Waals surface area contributed by atoms with E-state index in [0.717, 1.165) is 55.5 Å². The van der Waals surface area contributed by atoms with Crippen LogP contribution in [0.5, 0.6) is 5.75 Å². The maximum Gasteiger partial charge on any atom is 0.256 e. The maximum atomic E-state index is 12.9. The number of amides is 1. The molecule has 1 saturated carbocycles. The number of hydrogen-bond acceptors (Lipinski definition) is 4. The van der Waals surface area contributed by atoms with E-state index in [-0.39, 0.29) is 5.91 Å². The molecule has 0 unspecified atom stereocenters. The molecule has 1 aromatic rings. The molecule has 0 radical (unpaired) electrons. The average molecular weight is 403 g/mol. The van der Waals surface area contributed by atoms with Crippen LogP contribution in [0.25, 0.3) is 0 Å². The minimum Gasteiger partial charge on any atom is -0.492 e. The van der Waals surface area contributed by atoms with Crippen molar-refractivity contribution in [2.75, 3.05) is 38.2 Å². The minimum absolute atomic E-state index is 0.0129. The third-order valence-corrected chi connectivity index (χ3v) is 6.23. The van der Waals surface area contributed by atoms with Gasteiger partial charge in [-0.15, -0.1) is 0 Å². The molecule has 1 heterocycles. The fraction of sp³-hybridized carbons (Fsp3) is 0.708. The summed E-state index contributed by atoms with van der Waals surface area (Å²) in [6.07, 6.45) is 6.23. The summed E-state index contributed by atoms with van der Waals surface area (Å²) in [6, 6.07) is 7.71. The van der Waals surface area contributed by atoms with Gasteiger partial charge in [0.05, 0.1) is 0 Å². The predicted octanol–water partition coefficient (Wildman–Crippen LogP) is 4.72. The lowest BCUT2D eigenvalue weighted by Crippen LogP contribution is -2.47. The van der Waals surface area contributed by atoms with E-state index in [1.54, 1.807) is 0 Å². The molecule has 2 atom stereocenters. The number of likely N-dealkylation sites (tertiary alicyclic amines) is 1. The molecule has 162 valence electrons. The lowest BCUT2D eigenvalue weighted by molar-refractivity contribution is -0.145. The van der Waals surface area contributed by atoms with Crippen molar-refractivity contribution in [2.24, 2.45) is 11.8 Å². The number of carbonyl (C=O) groups excluding carboxylic acids is 1. The summed E-state index contributed by atoms with van der Waals surface area (Å²) in [4.78, 5) is 15.4. The van der Waals surface area contributed by atoms with Crippen LogP contribution in [-0.4, -0.2) is 49.3 Å². The Labute approximate surface area is 176 Å². The second-order valence-electron chi connectivity index (χ2n) is 9.02. The average Bonchev–Trinajstić information content (AvgIpc) is 2.69. The standard InChI is InChI=1S/C24H38N2O3/c1-4-29-24(12-6-5-7-13-24)23(27)25-21-8-10-22(11-9-21)28-15-14-26-17-19(2)16-20(3)18-26/h8-11,19-20H,4-7,12-18H2,1-3H3,(H,25,27)/t19-,20-/m0/s1. The van der Waals surface area contributed by atoms with E-state index >= 15 is 0 Å². The predicted molar refractivity (Wildman–Crippen MR) is 117 cm³/mol. The van der Waals surface area contributed by atoms with Crippen LogP contribution in [-0.2, 0) is 9.53 Å². The smallest absolute Gasteiger partial charge is 0.256 e. The first-order valence-electron chi connectivity index (χ1n) is 11.4. The number of rotatable bonds is 8. The molecule has 5 nitrogen and oxygen atoms in total. The van der Waals surface area contributed by atoms with Crippen molar-refractivity contribution in [3.63, 3.8) is 0 Å². The Balaban J connectivity index is 1.47. The third-order valence-electron chi connectivity index (χ3n) is 6.23. The van der Waals surface area contributed by atoms with E-state index in [2.05, 4.69) is 24.1 Å². The topological polar surface area (TPSA) is 50.8 Å². The molecular formula is C24H38N2O3. The van der Waals surface area contributed by atoms with Crippen molar-refractivity contribution in [1.82, 2.24) is 4.90 Å². The van der Waals surface area contributed by atoms with Gasteiger partial charge in [-0.3, -0.25) is 9.69 Å². The minimum atomic E-state index is -0.662. The summed E-state index contributed by atoms with van der Waals surface area (Å²) < 4.78 is 11.8. The fourth-order valence-electron chi connectivity index (χ4n) is 4.98. The number of nitrogens with one attached hydrogen (secondary N) is 1. The molecule has 2 aliphatic rings. The van der Waals surface area contributed by atoms with E-state index in [4.69, 9.17) is 9.47 Å². The summed E-state index contributed by atoms with van der Waals surface area (Å²) in [6.45, 7) is 11.2. The number of piperidine rings is 1. The van der Waals surface area contributed by atoms with Gasteiger partial charge in [0, 0.05) is 31.9 Å². The Morgan fingerprint density at radius 3 is 2.38 bits per heavy atom. The highest BCUT2D eigenvalue weighted by atomic mass is 16.5. The highest BCUT2D eigenvalue weighted by Crippen LogP contribution is 2.33. The van der Waals surface area contributed by atoms with Gasteiger partial charge in [0.1, 0.15) is 18.0 Å². The molecule has 0 bridgehead atoms. The Morgan fingerprint density at radius 1 is 1.10 bits per heavy atom. The Hall–Kier alpha value is -1.59. The van der Waals surface area contributed by atoms with E-state index in [1.807, 2.05) is 31.2 Å². The van der Waals surface area contributed by atoms with Gasteiger partial charge in [-0.1, -0.05) is 33.1 Å². The number of anilines is 1. The van der Waals surface area contributed by atoms with Crippen molar-refractivity contribution in [3.05, 3.63) is 24.3 Å². The highest BCUT2D eigenvalue weighted by Gasteiger charge is 2.40. The van der Waals surface area contributed by atoms with Crippen LogP contribution in [0.2, 0.25) is 0 Å². The van der Waals surface area contributed by atoms with Gasteiger partial charge in [0.2, 0.25) is 0 Å². The number of benzene rings is 1. The largest absolute Gasteiger partial charge is 0.492 e. The van der Waals surface area contributed by atoms with Crippen molar-refractivity contribution >= 4 is 11.6 Å². The molecule has 5 heteroatoms. The summed E-state index contributed by atoms with van der Waals surface area (Å²) >= 11 is 0. The monoisotopic (exact) mass is 402 g/mol. The fourth-order valence-corrected chi connectivity index (χ4v) is 4.98. The van der Waals surface area contributed by atoms with Crippen molar-refractivity contribution in [3.8, 4) is 5.75 Å². The zero-order valence-electron chi connectivity index (χ0n) is 18.4. The SMILES string of the molecule is CCOC1(C(=O)Nc2ccc(OCCN3C[C@@H](C)C[C@H](C)C3)cc2)CCCCC1. The summed E-state index contributed by atoms with van der Waals surface area (Å²) in [5.74, 6) is 2.37. The van der Waals surface area contributed by atoms with E-state index < -0.39 is 5.60 Å². The van der Waals surface area contributed by atoms with Crippen molar-refractivity contribution < 1.29 is 14.3 Å². The quantitative estimate of drug-likeness (QED) is 0.683. The zero-order chi connectivity index (χ0) is 20.7. The van der Waals surface area contributed by atoms with Crippen LogP contribution < -0.4 is 10.1 Å². The molecular weight excluding hydrogens is 364 g/mol. The van der Waals surface area contributed by atoms with Crippen molar-refractivity contribution in [1.29, 1.82) is 0 Å². The number of hydrogen-bond donors (Lipinski definition) is 1. The molecule has 1 aromatic carbocycles. The van der Waals surface area contributed by atoms with Gasteiger partial charge >= 0.3 is 0 Å². The Morgan fingerprint density at radius 2 is 1.76 bits per heavy atom. The first-order valence-corrected chi connectivity index (χ1v) is 11.4. The molecule has 1 N–H and O–H groups in total. The third kappa shape index (κ3) is 6.19. The van der Waals surface area contributed by atoms with Crippen LogP contribution in [0, 0.1) is 11.8 Å². The lowest BCUT2D eigenvalue weighted by atomic mass is 9.83. The van der Waals surface area contributed by atoms with Gasteiger partial charge in [0.25, 0.3) is 5.91 Å². The molecule has 0 spiro atoms. The molecule has 0 aromatic heterocycles. The van der Waals surface area contributed by atoms with Crippen LogP contribution >= 0.6 is 0 Å². The van der Waals surface area contributed by atoms with Crippen LogP contribution in [0.3, 0.4) is 0 Å². The van der Waals surface area contributed by atoms with E-state index in [1.165, 1.54) is 25.9 Å². The molecule has 1 amide bonds. The number of ether oxygens (including phenoxy) is 2. The first-order chi connectivity index (χ1) is 14.0. The van der Waals surface area contributed by atoms with Gasteiger partial charge in [-0.05, 0) is 62.3 Å². The second kappa shape index (κ2) is 10.4. The molecule has 1 saturated heterocycles. The summed E-state index contributed by atoms with van der Waals surface area (Å²) in [5, 5.41) is 3.05. The summed E-state index contributed by atoms with van der Waals surface area (Å²) in [5.41, 5.74) is 0.135. The normalized spacial score (nSPS) is 24.8. The molecule has 29 heavy (non-hydrogen) atoms. The number of nitrogens with zero attached hydrogens (tertiary/aromatic N) is 1. The van der Waals surface area contributed by atoms with Gasteiger partial charge in [0.15, 0.2) is 0 Å². The van der Waals surface area contributed by atoms with E-state index in [0.29, 0.717) is 13.2 Å². The highest BCUT2D eigenvalue weighted by molar-refractivity contribution is 5.97. The van der Waals surface area contributed by atoms with Gasteiger partial charge in [-0.25, -0.2) is 0 Å². The molecule has 2 fully saturated rings. The summed E-state index contributed by atoms with van der Waals surface area (Å²) in [7, 11) is 0. The number of carbonyl (C=O) groups is 1. The molecule has 1 aliphatic carbocycles. The van der Waals surface area contributed by atoms with Gasteiger partial charge in [-0.2, -0.15) is 0 Å². The lowest BCUT2D eigenvalue weighted by Gasteiger charge is -2.35. The van der Waals surface area contributed by atoms with E-state index in [9.17, 15) is 4.79 Å². The molecule has 1 aliphatic heterocycles. The van der Waals surface area contributed by atoms with Gasteiger partial charge < -0.3 is 14.8 Å².